The molecule has 3 rings (SSSR count). The summed E-state index contributed by atoms with van der Waals surface area (Å²) < 4.78 is 1.61. The quantitative estimate of drug-likeness (QED) is 0.802. The van der Waals surface area contributed by atoms with Crippen LogP contribution in [0.25, 0.3) is 5.69 Å². The molecule has 6 nitrogen and oxygen atoms in total. The number of nitrogens with one attached hydrogen (secondary N) is 1. The smallest absolute Gasteiger partial charge is 0.251 e. The molecule has 1 aromatic carbocycles. The van der Waals surface area contributed by atoms with E-state index in [9.17, 15) is 4.79 Å². The van der Waals surface area contributed by atoms with Gasteiger partial charge < -0.3 is 5.32 Å². The zero-order valence-corrected chi connectivity index (χ0v) is 12.2. The van der Waals surface area contributed by atoms with Gasteiger partial charge in [0.25, 0.3) is 5.91 Å². The molecule has 0 bridgehead atoms. The topological polar surface area (TPSA) is 72.7 Å². The number of benzene rings is 1. The van der Waals surface area contributed by atoms with E-state index in [4.69, 9.17) is 11.6 Å². The Morgan fingerprint density at radius 2 is 2.18 bits per heavy atom. The van der Waals surface area contributed by atoms with E-state index in [0.29, 0.717) is 16.3 Å². The minimum atomic E-state index is -0.210. The fraction of sp³-hybridized carbons (Fsp3) is 0.0667. The van der Waals surface area contributed by atoms with Gasteiger partial charge >= 0.3 is 0 Å². The number of halogens is 1. The average molecular weight is 314 g/mol. The molecule has 0 atom stereocenters. The second-order valence-electron chi connectivity index (χ2n) is 4.56. The number of pyridine rings is 1. The first kappa shape index (κ1) is 14.2. The van der Waals surface area contributed by atoms with Gasteiger partial charge in [-0.1, -0.05) is 22.9 Å². The van der Waals surface area contributed by atoms with Crippen LogP contribution in [0.15, 0.2) is 55.0 Å². The van der Waals surface area contributed by atoms with Gasteiger partial charge in [0.05, 0.1) is 24.6 Å². The van der Waals surface area contributed by atoms with Crippen molar-refractivity contribution < 1.29 is 4.79 Å². The third-order valence-corrected chi connectivity index (χ3v) is 3.20. The highest BCUT2D eigenvalue weighted by atomic mass is 35.5. The van der Waals surface area contributed by atoms with Crippen molar-refractivity contribution in [2.45, 2.75) is 6.54 Å². The van der Waals surface area contributed by atoms with E-state index in [2.05, 4.69) is 20.6 Å². The molecule has 2 heterocycles. The molecule has 7 heteroatoms. The van der Waals surface area contributed by atoms with E-state index in [1.807, 2.05) is 12.1 Å². The Balaban J connectivity index is 1.65. The number of carbonyl (C=O) groups excluding carboxylic acids is 1. The van der Waals surface area contributed by atoms with Gasteiger partial charge in [-0.25, -0.2) is 4.68 Å². The molecule has 1 amide bonds. The van der Waals surface area contributed by atoms with Crippen LogP contribution in [0.3, 0.4) is 0 Å². The highest BCUT2D eigenvalue weighted by molar-refractivity contribution is 6.30. The molecule has 0 saturated carbocycles. The fourth-order valence-electron chi connectivity index (χ4n) is 1.90. The van der Waals surface area contributed by atoms with Gasteiger partial charge in [0.2, 0.25) is 0 Å². The molecule has 3 aromatic rings. The van der Waals surface area contributed by atoms with Crippen molar-refractivity contribution in [3.05, 3.63) is 71.3 Å². The van der Waals surface area contributed by atoms with E-state index in [1.165, 1.54) is 0 Å². The second kappa shape index (κ2) is 6.36. The Bertz CT molecular complexity index is 787. The average Bonchev–Trinajstić information content (AvgIpc) is 3.02. The maximum absolute atomic E-state index is 12.0. The number of amides is 1. The molecule has 2 aromatic heterocycles. The maximum Gasteiger partial charge on any atom is 0.251 e. The van der Waals surface area contributed by atoms with E-state index < -0.39 is 0 Å². The lowest BCUT2D eigenvalue weighted by atomic mass is 10.2. The van der Waals surface area contributed by atoms with E-state index in [0.717, 1.165) is 5.69 Å². The van der Waals surface area contributed by atoms with Crippen molar-refractivity contribution in [2.24, 2.45) is 0 Å². The van der Waals surface area contributed by atoms with Crippen LogP contribution < -0.4 is 5.32 Å². The predicted molar refractivity (Wildman–Crippen MR) is 81.8 cm³/mol. The fourth-order valence-corrected chi connectivity index (χ4v) is 2.09. The Labute approximate surface area is 131 Å². The first-order valence-electron chi connectivity index (χ1n) is 6.58. The molecule has 0 unspecified atom stereocenters. The molecular formula is C15H12ClN5O. The highest BCUT2D eigenvalue weighted by Gasteiger charge is 2.08. The largest absolute Gasteiger partial charge is 0.346 e. The molecule has 1 N–H and O–H groups in total. The van der Waals surface area contributed by atoms with Gasteiger partial charge in [0.1, 0.15) is 5.69 Å². The zero-order chi connectivity index (χ0) is 15.4. The van der Waals surface area contributed by atoms with Gasteiger partial charge in [0, 0.05) is 16.8 Å². The van der Waals surface area contributed by atoms with Crippen molar-refractivity contribution in [3.8, 4) is 5.69 Å². The van der Waals surface area contributed by atoms with Crippen molar-refractivity contribution in [2.75, 3.05) is 0 Å². The van der Waals surface area contributed by atoms with Crippen LogP contribution in [0.5, 0.6) is 0 Å². The van der Waals surface area contributed by atoms with Crippen LogP contribution in [0.1, 0.15) is 16.1 Å². The summed E-state index contributed by atoms with van der Waals surface area (Å²) in [6, 6.07) is 10.5. The Hall–Kier alpha value is -2.73. The van der Waals surface area contributed by atoms with E-state index in [-0.39, 0.29) is 12.5 Å². The number of hydrogen-bond acceptors (Lipinski definition) is 4. The summed E-state index contributed by atoms with van der Waals surface area (Å²) >= 11 is 5.87. The normalized spacial score (nSPS) is 10.4. The van der Waals surface area contributed by atoms with Gasteiger partial charge in [-0.05, 0) is 30.3 Å². The second-order valence-corrected chi connectivity index (χ2v) is 5.00. The third kappa shape index (κ3) is 3.29. The lowest BCUT2D eigenvalue weighted by Crippen LogP contribution is -2.22. The zero-order valence-electron chi connectivity index (χ0n) is 11.5. The minimum absolute atomic E-state index is 0.210. The molecule has 0 aliphatic rings. The van der Waals surface area contributed by atoms with Crippen molar-refractivity contribution in [1.82, 2.24) is 25.3 Å². The highest BCUT2D eigenvalue weighted by Crippen LogP contribution is 2.10. The van der Waals surface area contributed by atoms with E-state index >= 15 is 0 Å². The molecule has 0 aliphatic heterocycles. The SMILES string of the molecule is O=C(NCc1cn(-c2cccnc2)nn1)c1cccc(Cl)c1. The lowest BCUT2D eigenvalue weighted by Gasteiger charge is -2.03. The summed E-state index contributed by atoms with van der Waals surface area (Å²) in [5.74, 6) is -0.210. The maximum atomic E-state index is 12.0. The summed E-state index contributed by atoms with van der Waals surface area (Å²) in [5, 5.41) is 11.3. The van der Waals surface area contributed by atoms with Gasteiger partial charge in [-0.15, -0.1) is 5.10 Å². The van der Waals surface area contributed by atoms with Crippen LogP contribution in [0.2, 0.25) is 5.02 Å². The Kier molecular flexibility index (Phi) is 4.11. The van der Waals surface area contributed by atoms with Crippen molar-refractivity contribution >= 4 is 17.5 Å². The van der Waals surface area contributed by atoms with Gasteiger partial charge in [-0.2, -0.15) is 0 Å². The van der Waals surface area contributed by atoms with Crippen LogP contribution in [0.4, 0.5) is 0 Å². The molecule has 0 aliphatic carbocycles. The predicted octanol–water partition coefficient (Wildman–Crippen LogP) is 2.25. The molecule has 0 radical (unpaired) electrons. The van der Waals surface area contributed by atoms with Crippen LogP contribution in [0, 0.1) is 0 Å². The molecule has 110 valence electrons. The van der Waals surface area contributed by atoms with Crippen LogP contribution in [-0.2, 0) is 6.54 Å². The molecule has 0 saturated heterocycles. The Morgan fingerprint density at radius 1 is 1.27 bits per heavy atom. The first-order valence-corrected chi connectivity index (χ1v) is 6.95. The summed E-state index contributed by atoms with van der Waals surface area (Å²) in [7, 11) is 0. The van der Waals surface area contributed by atoms with Crippen molar-refractivity contribution in [3.63, 3.8) is 0 Å². The first-order chi connectivity index (χ1) is 10.7. The summed E-state index contributed by atoms with van der Waals surface area (Å²) in [5.41, 5.74) is 1.97. The van der Waals surface area contributed by atoms with Crippen molar-refractivity contribution in [1.29, 1.82) is 0 Å². The van der Waals surface area contributed by atoms with Crippen LogP contribution in [-0.4, -0.2) is 25.9 Å². The van der Waals surface area contributed by atoms with Gasteiger partial charge in [-0.3, -0.25) is 9.78 Å². The molecular weight excluding hydrogens is 302 g/mol. The summed E-state index contributed by atoms with van der Waals surface area (Å²) in [4.78, 5) is 16.0. The minimum Gasteiger partial charge on any atom is -0.346 e. The van der Waals surface area contributed by atoms with E-state index in [1.54, 1.807) is 47.5 Å². The number of rotatable bonds is 4. The monoisotopic (exact) mass is 313 g/mol. The van der Waals surface area contributed by atoms with Gasteiger partial charge in [0.15, 0.2) is 0 Å². The van der Waals surface area contributed by atoms with Crippen LogP contribution >= 0.6 is 11.6 Å². The molecule has 0 fully saturated rings. The standard InChI is InChI=1S/C15H12ClN5O/c16-12-4-1-3-11(7-12)15(22)18-8-13-10-21(20-19-13)14-5-2-6-17-9-14/h1-7,9-10H,8H2,(H,18,22). The number of aromatic nitrogens is 4. The lowest BCUT2D eigenvalue weighted by molar-refractivity contribution is 0.0950. The summed E-state index contributed by atoms with van der Waals surface area (Å²) in [6.45, 7) is 0.283. The number of nitrogens with zero attached hydrogens (tertiary/aromatic N) is 4. The number of hydrogen-bond donors (Lipinski definition) is 1. The summed E-state index contributed by atoms with van der Waals surface area (Å²) in [6.07, 6.45) is 5.12. The number of carbonyl (C=O) groups is 1. The molecule has 22 heavy (non-hydrogen) atoms. The third-order valence-electron chi connectivity index (χ3n) is 2.97. The Morgan fingerprint density at radius 3 is 2.95 bits per heavy atom. The molecule has 0 spiro atoms.